The Hall–Kier alpha value is -3.95. The molecule has 6 atom stereocenters. The predicted molar refractivity (Wildman–Crippen MR) is 136 cm³/mol. The monoisotopic (exact) mass is 539 g/mol. The van der Waals surface area contributed by atoms with Gasteiger partial charge in [-0.25, -0.2) is 4.79 Å². The van der Waals surface area contributed by atoms with Crippen LogP contribution in [0.3, 0.4) is 0 Å². The Labute approximate surface area is 219 Å². The van der Waals surface area contributed by atoms with Crippen molar-refractivity contribution in [1.82, 2.24) is 16.0 Å². The molecule has 13 N–H and O–H groups in total. The molecule has 0 saturated heterocycles. The van der Waals surface area contributed by atoms with Crippen molar-refractivity contribution in [2.45, 2.75) is 69.5 Å². The van der Waals surface area contributed by atoms with E-state index in [-0.39, 0.29) is 37.5 Å². The van der Waals surface area contributed by atoms with Gasteiger partial charge in [0.25, 0.3) is 0 Å². The van der Waals surface area contributed by atoms with Gasteiger partial charge in [0, 0.05) is 13.0 Å². The lowest BCUT2D eigenvalue weighted by Gasteiger charge is -2.27. The Morgan fingerprint density at radius 2 is 1.47 bits per heavy atom. The Kier molecular flexibility index (Phi) is 12.9. The van der Waals surface area contributed by atoms with E-state index in [0.29, 0.717) is 5.56 Å². The zero-order chi connectivity index (χ0) is 29.0. The molecule has 0 aliphatic carbocycles. The van der Waals surface area contributed by atoms with Gasteiger partial charge in [0.05, 0.1) is 12.2 Å². The number of phenols is 1. The summed E-state index contributed by atoms with van der Waals surface area (Å²) in [5.74, 6) is -4.23. The highest BCUT2D eigenvalue weighted by molar-refractivity contribution is 5.94. The highest BCUT2D eigenvalue weighted by Gasteiger charge is 2.33. The van der Waals surface area contributed by atoms with E-state index >= 15 is 0 Å². The number of phenolic OH excluding ortho intramolecular Hbond substituents is 1. The fourth-order valence-corrected chi connectivity index (χ4v) is 3.25. The maximum Gasteiger partial charge on any atom is 0.326 e. The number of nitrogens with two attached hydrogens (primary N) is 3. The van der Waals surface area contributed by atoms with Gasteiger partial charge in [-0.2, -0.15) is 0 Å². The smallest absolute Gasteiger partial charge is 0.326 e. The van der Waals surface area contributed by atoms with Gasteiger partial charge in [-0.05, 0) is 44.4 Å². The van der Waals surface area contributed by atoms with Gasteiger partial charge in [-0.3, -0.25) is 19.4 Å². The number of carboxylic acid groups (broad SMARTS) is 1. The highest BCUT2D eigenvalue weighted by Crippen LogP contribution is 2.12. The standard InChI is InChI=1S/C23H37N7O8/c1-11(31)17(24)20(35)30-18(12(2)32)21(36)29-16(10-13-5-7-14(33)8-6-13)19(34)28-15(22(37)38)4-3-9-27-23(25)26/h5-8,11-12,15-18,31-33H,3-4,9-10,24H2,1-2H3,(H,28,34)(H,29,36)(H,30,35)(H,37,38)(H4,25,26,27). The van der Waals surface area contributed by atoms with Crippen LogP contribution in [-0.4, -0.2) is 93.0 Å². The molecule has 3 amide bonds. The number of aromatic hydroxyl groups is 1. The van der Waals surface area contributed by atoms with Crippen molar-refractivity contribution in [3.63, 3.8) is 0 Å². The topological polar surface area (TPSA) is 276 Å². The zero-order valence-electron chi connectivity index (χ0n) is 21.2. The van der Waals surface area contributed by atoms with Crippen molar-refractivity contribution in [3.8, 4) is 5.75 Å². The summed E-state index contributed by atoms with van der Waals surface area (Å²) in [6.45, 7) is 2.64. The molecule has 0 saturated carbocycles. The number of nitrogens with one attached hydrogen (secondary N) is 3. The Balaban J connectivity index is 3.11. The number of nitrogens with zero attached hydrogens (tertiary/aromatic N) is 1. The number of amides is 3. The second kappa shape index (κ2) is 15.3. The van der Waals surface area contributed by atoms with Gasteiger partial charge in [0.1, 0.15) is 29.9 Å². The first-order valence-electron chi connectivity index (χ1n) is 11.8. The van der Waals surface area contributed by atoms with Crippen molar-refractivity contribution >= 4 is 29.7 Å². The number of aliphatic carboxylic acids is 1. The van der Waals surface area contributed by atoms with Gasteiger partial charge < -0.3 is 53.6 Å². The van der Waals surface area contributed by atoms with Crippen molar-refractivity contribution < 1.29 is 39.6 Å². The maximum absolute atomic E-state index is 13.1. The summed E-state index contributed by atoms with van der Waals surface area (Å²) in [4.78, 5) is 53.8. The highest BCUT2D eigenvalue weighted by atomic mass is 16.4. The SMILES string of the molecule is CC(O)C(N)C(=O)NC(C(=O)NC(Cc1ccc(O)cc1)C(=O)NC(CCCN=C(N)N)C(=O)O)C(C)O. The molecular weight excluding hydrogens is 502 g/mol. The van der Waals surface area contributed by atoms with Crippen molar-refractivity contribution in [1.29, 1.82) is 0 Å². The van der Waals surface area contributed by atoms with Gasteiger partial charge in [0.2, 0.25) is 17.7 Å². The van der Waals surface area contributed by atoms with Crippen molar-refractivity contribution in [2.24, 2.45) is 22.2 Å². The first-order valence-corrected chi connectivity index (χ1v) is 11.8. The van der Waals surface area contributed by atoms with Crippen LogP contribution in [0.1, 0.15) is 32.3 Å². The maximum atomic E-state index is 13.1. The summed E-state index contributed by atoms with van der Waals surface area (Å²) in [5, 5.41) is 45.7. The molecule has 1 aromatic carbocycles. The lowest BCUT2D eigenvalue weighted by atomic mass is 10.0. The second-order valence-electron chi connectivity index (χ2n) is 8.77. The Bertz CT molecular complexity index is 980. The van der Waals surface area contributed by atoms with Crippen LogP contribution in [0.15, 0.2) is 29.3 Å². The van der Waals surface area contributed by atoms with Crippen molar-refractivity contribution in [3.05, 3.63) is 29.8 Å². The van der Waals surface area contributed by atoms with E-state index in [1.165, 1.54) is 38.1 Å². The number of carbonyl (C=O) groups is 4. The third-order valence-corrected chi connectivity index (χ3v) is 5.45. The first kappa shape index (κ1) is 32.1. The molecule has 15 nitrogen and oxygen atoms in total. The number of aliphatic hydroxyl groups excluding tert-OH is 2. The Morgan fingerprint density at radius 1 is 0.895 bits per heavy atom. The lowest BCUT2D eigenvalue weighted by Crippen LogP contribution is -2.61. The molecule has 0 aliphatic rings. The number of carbonyl (C=O) groups excluding carboxylic acids is 3. The Morgan fingerprint density at radius 3 is 1.97 bits per heavy atom. The number of benzene rings is 1. The number of guanidine groups is 1. The normalized spacial score (nSPS) is 15.6. The molecule has 0 fully saturated rings. The fraction of sp³-hybridized carbons (Fsp3) is 0.522. The minimum Gasteiger partial charge on any atom is -0.508 e. The van der Waals surface area contributed by atoms with Crippen LogP contribution in [-0.2, 0) is 25.6 Å². The minimum atomic E-state index is -1.54. The first-order chi connectivity index (χ1) is 17.7. The van der Waals surface area contributed by atoms with Crippen LogP contribution in [0.25, 0.3) is 0 Å². The van der Waals surface area contributed by atoms with Crippen LogP contribution >= 0.6 is 0 Å². The third kappa shape index (κ3) is 11.0. The lowest BCUT2D eigenvalue weighted by molar-refractivity contribution is -0.142. The van der Waals surface area contributed by atoms with E-state index in [2.05, 4.69) is 20.9 Å². The molecule has 0 aliphatic heterocycles. The molecule has 1 aromatic rings. The van der Waals surface area contributed by atoms with E-state index in [4.69, 9.17) is 17.2 Å². The summed E-state index contributed by atoms with van der Waals surface area (Å²) in [7, 11) is 0. The molecule has 212 valence electrons. The number of rotatable bonds is 15. The molecule has 6 unspecified atom stereocenters. The fourth-order valence-electron chi connectivity index (χ4n) is 3.25. The molecule has 0 bridgehead atoms. The number of aliphatic imine (C=N–C) groups is 1. The number of hydrogen-bond acceptors (Lipinski definition) is 9. The van der Waals surface area contributed by atoms with Crippen LogP contribution < -0.4 is 33.2 Å². The van der Waals surface area contributed by atoms with Gasteiger partial charge in [0.15, 0.2) is 5.96 Å². The summed E-state index contributed by atoms with van der Waals surface area (Å²) in [5.41, 5.74) is 16.6. The summed E-state index contributed by atoms with van der Waals surface area (Å²) in [6, 6.07) is 0.149. The van der Waals surface area contributed by atoms with E-state index in [1.54, 1.807) is 0 Å². The number of aliphatic hydroxyl groups is 2. The molecule has 0 spiro atoms. The zero-order valence-corrected chi connectivity index (χ0v) is 21.2. The molecule has 0 radical (unpaired) electrons. The summed E-state index contributed by atoms with van der Waals surface area (Å²) >= 11 is 0. The van der Waals surface area contributed by atoms with Gasteiger partial charge in [-0.15, -0.1) is 0 Å². The van der Waals surface area contributed by atoms with Crippen molar-refractivity contribution in [2.75, 3.05) is 6.54 Å². The molecule has 38 heavy (non-hydrogen) atoms. The molecule has 15 heteroatoms. The molecule has 1 rings (SSSR count). The van der Waals surface area contributed by atoms with Crippen LogP contribution in [0.5, 0.6) is 5.75 Å². The van der Waals surface area contributed by atoms with Crippen LogP contribution in [0, 0.1) is 0 Å². The molecule has 0 aromatic heterocycles. The minimum absolute atomic E-state index is 0.0126. The van der Waals surface area contributed by atoms with Gasteiger partial charge in [-0.1, -0.05) is 12.1 Å². The average Bonchev–Trinajstić information content (AvgIpc) is 2.83. The summed E-state index contributed by atoms with van der Waals surface area (Å²) < 4.78 is 0. The molecular formula is C23H37N7O8. The predicted octanol–water partition coefficient (Wildman–Crippen LogP) is -3.38. The molecule has 0 heterocycles. The third-order valence-electron chi connectivity index (χ3n) is 5.45. The average molecular weight is 540 g/mol. The van der Waals surface area contributed by atoms with E-state index < -0.39 is 60.1 Å². The number of hydrogen-bond donors (Lipinski definition) is 10. The largest absolute Gasteiger partial charge is 0.508 e. The van der Waals surface area contributed by atoms with Crippen LogP contribution in [0.2, 0.25) is 0 Å². The van der Waals surface area contributed by atoms with Gasteiger partial charge >= 0.3 is 5.97 Å². The quantitative estimate of drug-likeness (QED) is 0.0596. The summed E-state index contributed by atoms with van der Waals surface area (Å²) in [6.07, 6.45) is -2.54. The van der Waals surface area contributed by atoms with Crippen LogP contribution in [0.4, 0.5) is 0 Å². The van der Waals surface area contributed by atoms with E-state index in [1.807, 2.05) is 0 Å². The number of carboxylic acids is 1. The van der Waals surface area contributed by atoms with E-state index in [9.17, 15) is 39.6 Å². The van der Waals surface area contributed by atoms with E-state index in [0.717, 1.165) is 0 Å². The second-order valence-corrected chi connectivity index (χ2v) is 8.77.